The lowest BCUT2D eigenvalue weighted by atomic mass is 10.1. The molecule has 0 saturated heterocycles. The minimum absolute atomic E-state index is 0.0133. The Labute approximate surface area is 91.2 Å². The fourth-order valence-corrected chi connectivity index (χ4v) is 1.29. The van der Waals surface area contributed by atoms with Crippen molar-refractivity contribution in [3.05, 3.63) is 27.8 Å². The number of benzene rings is 1. The summed E-state index contributed by atoms with van der Waals surface area (Å²) >= 11 is 0. The number of phenolic OH excluding ortho intramolecular Hbond substituents is 1. The summed E-state index contributed by atoms with van der Waals surface area (Å²) in [5.74, 6) is -0.271. The van der Waals surface area contributed by atoms with E-state index in [1.54, 1.807) is 0 Å². The topological polar surface area (TPSA) is 119 Å². The van der Waals surface area contributed by atoms with Crippen molar-refractivity contribution < 1.29 is 19.9 Å². The highest BCUT2D eigenvalue weighted by Gasteiger charge is 2.22. The first kappa shape index (κ1) is 12.2. The van der Waals surface area contributed by atoms with Crippen molar-refractivity contribution in [2.24, 2.45) is 5.73 Å². The van der Waals surface area contributed by atoms with Crippen LogP contribution in [0.3, 0.4) is 0 Å². The molecule has 1 aromatic carbocycles. The maximum absolute atomic E-state index is 10.8. The molecule has 0 aliphatic carbocycles. The number of aliphatic hydroxyl groups is 1. The maximum Gasteiger partial charge on any atom is 0.278 e. The lowest BCUT2D eigenvalue weighted by Gasteiger charge is -2.11. The average molecular weight is 228 g/mol. The molecular weight excluding hydrogens is 216 g/mol. The van der Waals surface area contributed by atoms with Crippen LogP contribution < -0.4 is 10.5 Å². The minimum Gasteiger partial charge on any atom is -0.504 e. The number of hydrogen-bond donors (Lipinski definition) is 3. The predicted octanol–water partition coefficient (Wildman–Crippen LogP) is 0.301. The number of phenols is 1. The van der Waals surface area contributed by atoms with Gasteiger partial charge in [0, 0.05) is 0 Å². The van der Waals surface area contributed by atoms with E-state index in [-0.39, 0.29) is 22.7 Å². The Morgan fingerprint density at radius 2 is 2.25 bits per heavy atom. The number of nitro benzene ring substituents is 1. The van der Waals surface area contributed by atoms with Crippen LogP contribution in [-0.2, 0) is 0 Å². The van der Waals surface area contributed by atoms with Gasteiger partial charge < -0.3 is 20.7 Å². The highest BCUT2D eigenvalue weighted by molar-refractivity contribution is 5.54. The van der Waals surface area contributed by atoms with E-state index in [4.69, 9.17) is 15.6 Å². The lowest BCUT2D eigenvalue weighted by molar-refractivity contribution is -0.385. The van der Waals surface area contributed by atoms with Gasteiger partial charge in [0.05, 0.1) is 36.3 Å². The molecular formula is C9H12N2O5. The van der Waals surface area contributed by atoms with E-state index in [0.29, 0.717) is 0 Å². The van der Waals surface area contributed by atoms with Gasteiger partial charge in [0.2, 0.25) is 0 Å². The zero-order valence-electron chi connectivity index (χ0n) is 8.58. The Kier molecular flexibility index (Phi) is 3.64. The van der Waals surface area contributed by atoms with Crippen molar-refractivity contribution in [3.8, 4) is 11.5 Å². The standard InChI is InChI=1S/C9H12N2O5/c1-16-9-3-7(11(14)15)5(2-8(9)13)6(10)4-12/h2-3,6,12-13H,4,10H2,1H3/t6-/m0/s1. The number of methoxy groups -OCH3 is 1. The zero-order chi connectivity index (χ0) is 12.3. The van der Waals surface area contributed by atoms with E-state index in [1.807, 2.05) is 0 Å². The highest BCUT2D eigenvalue weighted by Crippen LogP contribution is 2.35. The number of nitrogens with two attached hydrogens (primary N) is 1. The van der Waals surface area contributed by atoms with Crippen LogP contribution in [0.25, 0.3) is 0 Å². The Morgan fingerprint density at radius 3 is 2.69 bits per heavy atom. The summed E-state index contributed by atoms with van der Waals surface area (Å²) in [4.78, 5) is 10.1. The Balaban J connectivity index is 3.36. The Morgan fingerprint density at radius 1 is 1.62 bits per heavy atom. The van der Waals surface area contributed by atoms with Crippen LogP contribution in [0.4, 0.5) is 5.69 Å². The van der Waals surface area contributed by atoms with Crippen LogP contribution in [0, 0.1) is 10.1 Å². The smallest absolute Gasteiger partial charge is 0.278 e. The molecule has 0 aliphatic heterocycles. The van der Waals surface area contributed by atoms with Gasteiger partial charge in [0.1, 0.15) is 0 Å². The molecule has 0 aromatic heterocycles. The van der Waals surface area contributed by atoms with Crippen LogP contribution in [0.5, 0.6) is 11.5 Å². The summed E-state index contributed by atoms with van der Waals surface area (Å²) in [6.45, 7) is -0.452. The summed E-state index contributed by atoms with van der Waals surface area (Å²) in [6.07, 6.45) is 0. The molecule has 88 valence electrons. The van der Waals surface area contributed by atoms with Gasteiger partial charge in [-0.15, -0.1) is 0 Å². The number of aliphatic hydroxyl groups excluding tert-OH is 1. The third-order valence-electron chi connectivity index (χ3n) is 2.12. The Hall–Kier alpha value is -1.86. The molecule has 0 unspecified atom stereocenters. The number of ether oxygens (including phenoxy) is 1. The molecule has 16 heavy (non-hydrogen) atoms. The molecule has 4 N–H and O–H groups in total. The van der Waals surface area contributed by atoms with Gasteiger partial charge >= 0.3 is 0 Å². The highest BCUT2D eigenvalue weighted by atomic mass is 16.6. The number of nitrogens with zero attached hydrogens (tertiary/aromatic N) is 1. The van der Waals surface area contributed by atoms with Crippen LogP contribution in [0.2, 0.25) is 0 Å². The minimum atomic E-state index is -0.919. The van der Waals surface area contributed by atoms with Gasteiger partial charge in [-0.2, -0.15) is 0 Å². The summed E-state index contributed by atoms with van der Waals surface area (Å²) in [6, 6.07) is 1.27. The number of hydrogen-bond acceptors (Lipinski definition) is 6. The van der Waals surface area contributed by atoms with Gasteiger partial charge in [-0.25, -0.2) is 0 Å². The molecule has 0 bridgehead atoms. The summed E-state index contributed by atoms with van der Waals surface area (Å²) < 4.78 is 4.75. The molecule has 0 aliphatic rings. The number of aromatic hydroxyl groups is 1. The molecule has 7 nitrogen and oxygen atoms in total. The molecule has 0 amide bonds. The largest absolute Gasteiger partial charge is 0.504 e. The second-order valence-electron chi connectivity index (χ2n) is 3.13. The number of nitro groups is 1. The van der Waals surface area contributed by atoms with Gasteiger partial charge in [-0.1, -0.05) is 0 Å². The second-order valence-corrected chi connectivity index (χ2v) is 3.13. The quantitative estimate of drug-likeness (QED) is 0.503. The van der Waals surface area contributed by atoms with Gasteiger partial charge in [-0.3, -0.25) is 10.1 Å². The molecule has 0 heterocycles. The Bertz CT molecular complexity index is 407. The van der Waals surface area contributed by atoms with E-state index in [1.165, 1.54) is 7.11 Å². The van der Waals surface area contributed by atoms with E-state index < -0.39 is 17.6 Å². The lowest BCUT2D eigenvalue weighted by Crippen LogP contribution is -2.16. The molecule has 0 fully saturated rings. The van der Waals surface area contributed by atoms with Gasteiger partial charge in [-0.05, 0) is 6.07 Å². The summed E-state index contributed by atoms with van der Waals surface area (Å²) in [5.41, 5.74) is 5.25. The normalized spacial score (nSPS) is 12.2. The van der Waals surface area contributed by atoms with Crippen LogP contribution >= 0.6 is 0 Å². The zero-order valence-corrected chi connectivity index (χ0v) is 8.58. The third-order valence-corrected chi connectivity index (χ3v) is 2.12. The second kappa shape index (κ2) is 4.77. The first-order chi connectivity index (χ1) is 7.51. The van der Waals surface area contributed by atoms with E-state index in [9.17, 15) is 15.2 Å². The van der Waals surface area contributed by atoms with Crippen LogP contribution in [0.1, 0.15) is 11.6 Å². The molecule has 0 spiro atoms. The molecule has 1 atom stereocenters. The van der Waals surface area contributed by atoms with Crippen LogP contribution in [-0.4, -0.2) is 28.9 Å². The maximum atomic E-state index is 10.8. The summed E-state index contributed by atoms with van der Waals surface area (Å²) in [5, 5.41) is 29.1. The molecule has 1 rings (SSSR count). The molecule has 0 radical (unpaired) electrons. The predicted molar refractivity (Wildman–Crippen MR) is 55.3 cm³/mol. The van der Waals surface area contributed by atoms with Crippen LogP contribution in [0.15, 0.2) is 12.1 Å². The number of rotatable bonds is 4. The van der Waals surface area contributed by atoms with Crippen molar-refractivity contribution in [1.82, 2.24) is 0 Å². The summed E-state index contributed by atoms with van der Waals surface area (Å²) in [7, 11) is 1.28. The van der Waals surface area contributed by atoms with Crippen molar-refractivity contribution in [1.29, 1.82) is 0 Å². The van der Waals surface area contributed by atoms with Gasteiger partial charge in [0.15, 0.2) is 11.5 Å². The van der Waals surface area contributed by atoms with Crippen molar-refractivity contribution in [3.63, 3.8) is 0 Å². The monoisotopic (exact) mass is 228 g/mol. The van der Waals surface area contributed by atoms with E-state index >= 15 is 0 Å². The van der Waals surface area contributed by atoms with E-state index in [0.717, 1.165) is 12.1 Å². The molecule has 0 saturated carbocycles. The van der Waals surface area contributed by atoms with Crippen molar-refractivity contribution >= 4 is 5.69 Å². The fraction of sp³-hybridized carbons (Fsp3) is 0.333. The third kappa shape index (κ3) is 2.20. The molecule has 7 heteroatoms. The SMILES string of the molecule is COc1cc([N+](=O)[O-])c([C@@H](N)CO)cc1O. The first-order valence-corrected chi connectivity index (χ1v) is 4.43. The van der Waals surface area contributed by atoms with E-state index in [2.05, 4.69) is 0 Å². The van der Waals surface area contributed by atoms with Crippen molar-refractivity contribution in [2.45, 2.75) is 6.04 Å². The van der Waals surface area contributed by atoms with Crippen molar-refractivity contribution in [2.75, 3.05) is 13.7 Å². The average Bonchev–Trinajstić information content (AvgIpc) is 2.27. The first-order valence-electron chi connectivity index (χ1n) is 4.43. The molecule has 1 aromatic rings. The fourth-order valence-electron chi connectivity index (χ4n) is 1.29. The van der Waals surface area contributed by atoms with Gasteiger partial charge in [0.25, 0.3) is 5.69 Å².